The molecule has 0 aliphatic rings. The molecule has 0 amide bonds. The Kier molecular flexibility index (Phi) is 4.64. The number of sulfonamides is 2. The third-order valence-electron chi connectivity index (χ3n) is 1.63. The monoisotopic (exact) mass is 382 g/mol. The Balaban J connectivity index is 5.91. The first-order chi connectivity index (χ1) is 8.71. The van der Waals surface area contributed by atoms with Gasteiger partial charge in [-0.2, -0.15) is 60.7 Å². The minimum Gasteiger partial charge on any atom is -0.174 e. The van der Waals surface area contributed by atoms with Crippen molar-refractivity contribution in [2.75, 3.05) is 0 Å². The van der Waals surface area contributed by atoms with Crippen molar-refractivity contribution < 1.29 is 64.9 Å². The van der Waals surface area contributed by atoms with Gasteiger partial charge in [0.1, 0.15) is 0 Å². The zero-order chi connectivity index (χ0) is 17.7. The number of rotatable bonds is 4. The van der Waals surface area contributed by atoms with Crippen LogP contribution in [0.5, 0.6) is 0 Å². The minimum absolute atomic E-state index is 2.36. The molecule has 0 heterocycles. The summed E-state index contributed by atoms with van der Waals surface area (Å²) in [6.07, 6.45) is -13.9. The molecule has 17 heteroatoms. The van der Waals surface area contributed by atoms with Crippen molar-refractivity contribution in [3.8, 4) is 0 Å². The fraction of sp³-hybridized carbons (Fsp3) is 1.00. The lowest BCUT2D eigenvalue weighted by molar-refractivity contribution is -0.359. The molecule has 21 heavy (non-hydrogen) atoms. The summed E-state index contributed by atoms with van der Waals surface area (Å²) in [4.78, 5) is 0. The summed E-state index contributed by atoms with van der Waals surface area (Å²) in [5.74, 6) is 0. The van der Waals surface area contributed by atoms with Crippen molar-refractivity contribution in [2.24, 2.45) is 0 Å². The van der Waals surface area contributed by atoms with Crippen LogP contribution in [0.2, 0.25) is 0 Å². The summed E-state index contributed by atoms with van der Waals surface area (Å²) in [5.41, 5.74) is 0. The quantitative estimate of drug-likeness (QED) is 0.719. The highest BCUT2D eigenvalue weighted by Crippen LogP contribution is 2.40. The summed E-state index contributed by atoms with van der Waals surface area (Å²) >= 11 is 0. The van der Waals surface area contributed by atoms with Crippen LogP contribution in [0.1, 0.15) is 0 Å². The van der Waals surface area contributed by atoms with Gasteiger partial charge < -0.3 is 0 Å². The van der Waals surface area contributed by atoms with Crippen molar-refractivity contribution in [1.29, 1.82) is 0 Å². The summed E-state index contributed by atoms with van der Waals surface area (Å²) in [6, 6.07) is 0. The summed E-state index contributed by atoms with van der Waals surface area (Å²) in [6.45, 7) is 0. The zero-order valence-corrected chi connectivity index (χ0v) is 10.4. The summed E-state index contributed by atoms with van der Waals surface area (Å²) in [7, 11) is -14.7. The number of alkyl halides is 10. The summed E-state index contributed by atoms with van der Waals surface area (Å²) < 4.78 is 159. The van der Waals surface area contributed by atoms with Crippen LogP contribution < -0.4 is 4.13 Å². The van der Waals surface area contributed by atoms with Gasteiger partial charge in [-0.25, -0.2) is 0 Å². The van der Waals surface area contributed by atoms with Crippen LogP contribution in [-0.2, 0) is 20.0 Å². The minimum atomic E-state index is -7.37. The van der Waals surface area contributed by atoms with E-state index in [9.17, 15) is 60.7 Å². The molecule has 0 saturated heterocycles. The largest absolute Gasteiger partial charge is 0.491 e. The van der Waals surface area contributed by atoms with Gasteiger partial charge >= 0.3 is 42.9 Å². The molecule has 0 aromatic carbocycles. The molecule has 0 aromatic heterocycles. The Labute approximate surface area is 109 Å². The number of primary sulfonamides is 2. The van der Waals surface area contributed by atoms with E-state index in [2.05, 4.69) is 0 Å². The number of quaternary nitrogens is 1. The number of halogens is 10. The van der Waals surface area contributed by atoms with Crippen LogP contribution in [0, 0.1) is 0 Å². The van der Waals surface area contributed by atoms with Crippen LogP contribution in [0.25, 0.3) is 0 Å². The SMILES string of the molecule is O=S(=O)([NH2+]S(=O)(=O)C(F)(F)C(F)(F)F)C(F)(F)C(F)(F)F. The normalized spacial score (nSPS) is 16.1. The second kappa shape index (κ2) is 4.83. The molecule has 2 N–H and O–H groups in total. The van der Waals surface area contributed by atoms with Crippen LogP contribution >= 0.6 is 0 Å². The maximum atomic E-state index is 12.4. The lowest BCUT2D eigenvalue weighted by atomic mass is 10.7. The highest BCUT2D eigenvalue weighted by Gasteiger charge is 2.76. The number of hydrogen-bond donors (Lipinski definition) is 1. The topological polar surface area (TPSA) is 84.9 Å². The molecule has 0 fully saturated rings. The Morgan fingerprint density at radius 1 is 0.524 bits per heavy atom. The van der Waals surface area contributed by atoms with E-state index in [0.717, 1.165) is 0 Å². The van der Waals surface area contributed by atoms with Gasteiger partial charge in [0, 0.05) is 0 Å². The molecule has 128 valence electrons. The molecule has 0 saturated carbocycles. The van der Waals surface area contributed by atoms with Crippen LogP contribution in [0.15, 0.2) is 0 Å². The first kappa shape index (κ1) is 20.2. The van der Waals surface area contributed by atoms with Gasteiger partial charge in [0.15, 0.2) is 0 Å². The van der Waals surface area contributed by atoms with Gasteiger partial charge in [-0.05, 0) is 0 Å². The molecule has 0 aliphatic carbocycles. The molecule has 5 nitrogen and oxygen atoms in total. The van der Waals surface area contributed by atoms with Gasteiger partial charge in [0.2, 0.25) is 0 Å². The Morgan fingerprint density at radius 2 is 0.714 bits per heavy atom. The molecule has 0 rings (SSSR count). The maximum absolute atomic E-state index is 12.4. The molecule has 0 aliphatic heterocycles. The van der Waals surface area contributed by atoms with Crippen LogP contribution in [0.4, 0.5) is 43.9 Å². The molecule has 0 bridgehead atoms. The van der Waals surface area contributed by atoms with Crippen molar-refractivity contribution in [2.45, 2.75) is 22.9 Å². The third kappa shape index (κ3) is 3.33. The van der Waals surface area contributed by atoms with Crippen molar-refractivity contribution in [1.82, 2.24) is 0 Å². The second-order valence-corrected chi connectivity index (χ2v) is 7.19. The Bertz CT molecular complexity index is 544. The van der Waals surface area contributed by atoms with E-state index in [1.807, 2.05) is 0 Å². The van der Waals surface area contributed by atoms with Gasteiger partial charge in [-0.15, -0.1) is 4.13 Å². The van der Waals surface area contributed by atoms with Crippen LogP contribution in [-0.4, -0.2) is 39.7 Å². The molecular weight excluding hydrogens is 380 g/mol. The molecule has 0 radical (unpaired) electrons. The highest BCUT2D eigenvalue weighted by molar-refractivity contribution is 7.97. The van der Waals surface area contributed by atoms with E-state index in [4.69, 9.17) is 0 Å². The van der Waals surface area contributed by atoms with E-state index in [-0.39, 0.29) is 0 Å². The molecule has 0 unspecified atom stereocenters. The van der Waals surface area contributed by atoms with E-state index in [0.29, 0.717) is 0 Å². The number of nitrogens with two attached hydrogens (primary N) is 1. The fourth-order valence-electron chi connectivity index (χ4n) is 0.610. The number of hydrogen-bond acceptors (Lipinski definition) is 4. The molecule has 0 aromatic rings. The van der Waals surface area contributed by atoms with Crippen molar-refractivity contribution in [3.05, 3.63) is 0 Å². The Hall–Kier alpha value is -0.840. The van der Waals surface area contributed by atoms with Crippen LogP contribution in [0.3, 0.4) is 0 Å². The maximum Gasteiger partial charge on any atom is 0.491 e. The average Bonchev–Trinajstić information content (AvgIpc) is 2.11. The van der Waals surface area contributed by atoms with Gasteiger partial charge in [-0.3, -0.25) is 0 Å². The average molecular weight is 382 g/mol. The lowest BCUT2D eigenvalue weighted by Crippen LogP contribution is -2.96. The Morgan fingerprint density at radius 3 is 0.857 bits per heavy atom. The predicted molar refractivity (Wildman–Crippen MR) is 41.8 cm³/mol. The van der Waals surface area contributed by atoms with Gasteiger partial charge in [0.25, 0.3) is 0 Å². The summed E-state index contributed by atoms with van der Waals surface area (Å²) in [5, 5.41) is -13.8. The van der Waals surface area contributed by atoms with E-state index < -0.39 is 47.0 Å². The first-order valence-electron chi connectivity index (χ1n) is 3.94. The molecule has 0 atom stereocenters. The second-order valence-electron chi connectivity index (χ2n) is 3.22. The third-order valence-corrected chi connectivity index (χ3v) is 5.55. The zero-order valence-electron chi connectivity index (χ0n) is 8.81. The van der Waals surface area contributed by atoms with Crippen molar-refractivity contribution in [3.63, 3.8) is 0 Å². The lowest BCUT2D eigenvalue weighted by Gasteiger charge is -2.20. The van der Waals surface area contributed by atoms with E-state index >= 15 is 0 Å². The predicted octanol–water partition coefficient (Wildman–Crippen LogP) is 0.520. The first-order valence-corrected chi connectivity index (χ1v) is 7.03. The van der Waals surface area contributed by atoms with Crippen molar-refractivity contribution >= 4 is 20.0 Å². The molecule has 0 spiro atoms. The fourth-order valence-corrected chi connectivity index (χ4v) is 3.56. The van der Waals surface area contributed by atoms with E-state index in [1.165, 1.54) is 0 Å². The van der Waals surface area contributed by atoms with E-state index in [1.54, 1.807) is 0 Å². The standard InChI is InChI=1S/C4HF10NO4S2/c5-1(6,7)3(11,12)20(16,17)15-21(18,19)4(13,14)2(8,9)10/h15H/p+1. The molecular formula is C4H2F10NO4S2+. The smallest absolute Gasteiger partial charge is 0.174 e. The van der Waals surface area contributed by atoms with Gasteiger partial charge in [0.05, 0.1) is 0 Å². The van der Waals surface area contributed by atoms with Gasteiger partial charge in [-0.1, -0.05) is 0 Å². The highest BCUT2D eigenvalue weighted by atomic mass is 32.3.